The van der Waals surface area contributed by atoms with Crippen molar-refractivity contribution in [2.45, 2.75) is 89.0 Å². The highest BCUT2D eigenvalue weighted by Gasteiger charge is 2.60. The van der Waals surface area contributed by atoms with Gasteiger partial charge in [-0.05, 0) is 38.8 Å². The van der Waals surface area contributed by atoms with Crippen LogP contribution in [0.2, 0.25) is 0 Å². The van der Waals surface area contributed by atoms with Crippen LogP contribution in [0.25, 0.3) is 0 Å². The Bertz CT molecular complexity index is 1140. The first-order valence-corrected chi connectivity index (χ1v) is 13.1. The fourth-order valence-electron chi connectivity index (χ4n) is 5.04. The van der Waals surface area contributed by atoms with E-state index >= 15 is 0 Å². The molecule has 0 aromatic heterocycles. The quantitative estimate of drug-likeness (QED) is 0.502. The molecule has 3 aliphatic rings. The summed E-state index contributed by atoms with van der Waals surface area (Å²) < 4.78 is 41.3. The van der Waals surface area contributed by atoms with Crippen LogP contribution in [-0.4, -0.2) is 67.0 Å². The predicted molar refractivity (Wildman–Crippen MR) is 137 cm³/mol. The van der Waals surface area contributed by atoms with Gasteiger partial charge in [-0.2, -0.15) is 0 Å². The van der Waals surface area contributed by atoms with E-state index in [1.807, 2.05) is 74.5 Å². The largest absolute Gasteiger partial charge is 0.461 e. The molecule has 5 unspecified atom stereocenters. The highest BCUT2D eigenvalue weighted by atomic mass is 16.9. The number of hydrogen-bond acceptors (Lipinski definition) is 9. The van der Waals surface area contributed by atoms with Crippen molar-refractivity contribution in [2.24, 2.45) is 0 Å². The van der Waals surface area contributed by atoms with E-state index < -0.39 is 60.4 Å². The molecule has 10 nitrogen and oxygen atoms in total. The van der Waals surface area contributed by atoms with Crippen LogP contribution in [-0.2, 0) is 51.0 Å². The Morgan fingerprint density at radius 2 is 1.38 bits per heavy atom. The van der Waals surface area contributed by atoms with Gasteiger partial charge < -0.3 is 38.5 Å². The molecule has 1 amide bonds. The van der Waals surface area contributed by atoms with Crippen LogP contribution in [0, 0.1) is 0 Å². The van der Waals surface area contributed by atoms with Gasteiger partial charge in [-0.1, -0.05) is 60.7 Å². The zero-order valence-electron chi connectivity index (χ0n) is 22.5. The monoisotopic (exact) mass is 541 g/mol. The number of nitrogens with one attached hydrogen (secondary N) is 1. The molecule has 3 saturated heterocycles. The van der Waals surface area contributed by atoms with Gasteiger partial charge in [0.2, 0.25) is 0 Å². The Balaban J connectivity index is 1.24. The van der Waals surface area contributed by atoms with Crippen LogP contribution >= 0.6 is 0 Å². The van der Waals surface area contributed by atoms with Gasteiger partial charge in [0.05, 0.1) is 0 Å². The van der Waals surface area contributed by atoms with Crippen molar-refractivity contribution in [3.05, 3.63) is 71.8 Å². The number of carbonyl (C=O) groups is 2. The topological polar surface area (TPSA) is 111 Å². The summed E-state index contributed by atoms with van der Waals surface area (Å²) in [5.74, 6) is -2.35. The maximum atomic E-state index is 13.3. The number of amides is 1. The normalized spacial score (nSPS) is 29.1. The lowest BCUT2D eigenvalue weighted by Gasteiger charge is -2.37. The lowest BCUT2D eigenvalue weighted by Crippen LogP contribution is -2.56. The summed E-state index contributed by atoms with van der Waals surface area (Å²) >= 11 is 0. The molecule has 2 aromatic rings. The van der Waals surface area contributed by atoms with Crippen molar-refractivity contribution in [3.63, 3.8) is 0 Å². The van der Waals surface area contributed by atoms with Crippen LogP contribution in [0.5, 0.6) is 0 Å². The minimum Gasteiger partial charge on any atom is -0.461 e. The van der Waals surface area contributed by atoms with E-state index in [-0.39, 0.29) is 19.6 Å². The molecule has 0 saturated carbocycles. The average Bonchev–Trinajstić information content (AvgIpc) is 3.40. The van der Waals surface area contributed by atoms with E-state index in [0.29, 0.717) is 0 Å². The van der Waals surface area contributed by atoms with E-state index in [9.17, 15) is 9.59 Å². The minimum atomic E-state index is -0.981. The number of rotatable bonds is 8. The molecule has 0 bridgehead atoms. The molecule has 0 radical (unpaired) electrons. The fourth-order valence-corrected chi connectivity index (χ4v) is 5.04. The van der Waals surface area contributed by atoms with Gasteiger partial charge in [-0.15, -0.1) is 0 Å². The number of esters is 1. The minimum absolute atomic E-state index is 0.0762. The third-order valence-electron chi connectivity index (χ3n) is 6.71. The zero-order valence-corrected chi connectivity index (χ0v) is 22.5. The van der Waals surface area contributed by atoms with Gasteiger partial charge in [0, 0.05) is 6.42 Å². The van der Waals surface area contributed by atoms with Gasteiger partial charge in [-0.25, -0.2) is 9.59 Å². The molecule has 1 N–H and O–H groups in total. The van der Waals surface area contributed by atoms with E-state index in [0.717, 1.165) is 11.1 Å². The Hall–Kier alpha value is -3.02. The molecule has 0 spiro atoms. The Morgan fingerprint density at radius 1 is 0.795 bits per heavy atom. The third-order valence-corrected chi connectivity index (χ3v) is 6.71. The summed E-state index contributed by atoms with van der Waals surface area (Å²) in [7, 11) is 0. The maximum Gasteiger partial charge on any atom is 0.408 e. The summed E-state index contributed by atoms with van der Waals surface area (Å²) in [4.78, 5) is 25.9. The van der Waals surface area contributed by atoms with Gasteiger partial charge in [0.25, 0.3) is 0 Å². The Morgan fingerprint density at radius 3 is 2.08 bits per heavy atom. The smallest absolute Gasteiger partial charge is 0.408 e. The molecule has 5 rings (SSSR count). The number of alkyl carbamates (subject to hydrolysis) is 1. The highest BCUT2D eigenvalue weighted by Crippen LogP contribution is 2.44. The van der Waals surface area contributed by atoms with Crippen LogP contribution in [0.4, 0.5) is 4.79 Å². The summed E-state index contributed by atoms with van der Waals surface area (Å²) in [5, 5.41) is 2.65. The molecule has 0 aliphatic carbocycles. The molecule has 3 fully saturated rings. The lowest BCUT2D eigenvalue weighted by atomic mass is 9.99. The molecular weight excluding hydrogens is 506 g/mol. The van der Waals surface area contributed by atoms with E-state index in [2.05, 4.69) is 5.32 Å². The molecule has 210 valence electrons. The van der Waals surface area contributed by atoms with Crippen molar-refractivity contribution >= 4 is 12.1 Å². The van der Waals surface area contributed by atoms with Crippen molar-refractivity contribution in [1.29, 1.82) is 0 Å². The molecular formula is C29H35NO9. The van der Waals surface area contributed by atoms with Crippen molar-refractivity contribution < 1.29 is 42.7 Å². The maximum absolute atomic E-state index is 13.3. The second-order valence-corrected chi connectivity index (χ2v) is 10.8. The first kappa shape index (κ1) is 27.5. The van der Waals surface area contributed by atoms with E-state index in [1.165, 1.54) is 0 Å². The first-order chi connectivity index (χ1) is 18.6. The third kappa shape index (κ3) is 6.77. The van der Waals surface area contributed by atoms with Gasteiger partial charge in [0.15, 0.2) is 17.9 Å². The predicted octanol–water partition coefficient (Wildman–Crippen LogP) is 3.46. The van der Waals surface area contributed by atoms with Crippen LogP contribution < -0.4 is 5.32 Å². The number of hydrogen-bond donors (Lipinski definition) is 1. The summed E-state index contributed by atoms with van der Waals surface area (Å²) in [6, 6.07) is 17.7. The summed E-state index contributed by atoms with van der Waals surface area (Å²) in [6.45, 7) is 7.18. The van der Waals surface area contributed by atoms with Crippen LogP contribution in [0.3, 0.4) is 0 Å². The molecule has 3 aliphatic heterocycles. The SMILES string of the molecule is CC1(C)OC2OC(COC(=O)[C@H](Cc3ccccc3)NC(=O)OCc3ccccc3)C3OC(C)(C)OC3C2O1. The molecule has 10 heteroatoms. The van der Waals surface area contributed by atoms with Crippen molar-refractivity contribution in [2.75, 3.05) is 6.61 Å². The fraction of sp³-hybridized carbons (Fsp3) is 0.517. The standard InChI is InChI=1S/C29H35NO9/c1-28(2)36-22-21(35-26-24(23(22)37-28)38-29(3,4)39-26)17-33-25(31)20(15-18-11-7-5-8-12-18)30-27(32)34-16-19-13-9-6-10-14-19/h5-14,20-24,26H,15-17H2,1-4H3,(H,30,32)/t20-,21?,22?,23?,24?,26?/m0/s1. The summed E-state index contributed by atoms with van der Waals surface area (Å²) in [5.41, 5.74) is 1.69. The highest BCUT2D eigenvalue weighted by molar-refractivity contribution is 5.81. The van der Waals surface area contributed by atoms with Gasteiger partial charge >= 0.3 is 12.1 Å². The second kappa shape index (κ2) is 11.2. The van der Waals surface area contributed by atoms with Crippen LogP contribution in [0.15, 0.2) is 60.7 Å². The van der Waals surface area contributed by atoms with E-state index in [4.69, 9.17) is 33.2 Å². The Labute approximate surface area is 227 Å². The summed E-state index contributed by atoms with van der Waals surface area (Å²) in [6.07, 6.45) is -3.35. The lowest BCUT2D eigenvalue weighted by molar-refractivity contribution is -0.242. The number of carbonyl (C=O) groups excluding carboxylic acids is 2. The Kier molecular flexibility index (Phi) is 7.93. The van der Waals surface area contributed by atoms with E-state index in [1.54, 1.807) is 13.8 Å². The van der Waals surface area contributed by atoms with Crippen molar-refractivity contribution in [3.8, 4) is 0 Å². The van der Waals surface area contributed by atoms with Crippen molar-refractivity contribution in [1.82, 2.24) is 5.32 Å². The first-order valence-electron chi connectivity index (χ1n) is 13.1. The molecule has 6 atom stereocenters. The van der Waals surface area contributed by atoms with Gasteiger partial charge in [-0.3, -0.25) is 0 Å². The number of ether oxygens (including phenoxy) is 7. The molecule has 39 heavy (non-hydrogen) atoms. The van der Waals surface area contributed by atoms with Gasteiger partial charge in [0.1, 0.15) is 43.7 Å². The second-order valence-electron chi connectivity index (χ2n) is 10.8. The number of fused-ring (bicyclic) bond motifs is 3. The number of benzene rings is 2. The van der Waals surface area contributed by atoms with Crippen LogP contribution in [0.1, 0.15) is 38.8 Å². The molecule has 3 heterocycles. The molecule has 2 aromatic carbocycles. The average molecular weight is 542 g/mol. The zero-order chi connectivity index (χ0) is 27.6.